The fraction of sp³-hybridized carbons (Fsp3) is 0.188. The number of hydrogen-bond acceptors (Lipinski definition) is 4. The van der Waals surface area contributed by atoms with E-state index >= 15 is 0 Å². The monoisotopic (exact) mass is 370 g/mol. The number of hydrogen-bond donors (Lipinski definition) is 2. The SMILES string of the molecule is O=C(C=Cc1cc(C(F)(F)F)ccc1Cl)NCCNc1ncccn1. The van der Waals surface area contributed by atoms with Crippen molar-refractivity contribution in [3.8, 4) is 0 Å². The Bertz CT molecular complexity index is 751. The number of halogens is 4. The molecule has 2 N–H and O–H groups in total. The zero-order chi connectivity index (χ0) is 18.3. The highest BCUT2D eigenvalue weighted by molar-refractivity contribution is 6.32. The summed E-state index contributed by atoms with van der Waals surface area (Å²) >= 11 is 5.85. The Labute approximate surface area is 146 Å². The van der Waals surface area contributed by atoms with Crippen LogP contribution in [0.1, 0.15) is 11.1 Å². The van der Waals surface area contributed by atoms with Crippen LogP contribution >= 0.6 is 11.6 Å². The first-order valence-electron chi connectivity index (χ1n) is 7.20. The molecule has 0 atom stereocenters. The number of rotatable bonds is 6. The highest BCUT2D eigenvalue weighted by Crippen LogP contribution is 2.32. The summed E-state index contributed by atoms with van der Waals surface area (Å²) in [5.74, 6) is -0.0210. The topological polar surface area (TPSA) is 66.9 Å². The lowest BCUT2D eigenvalue weighted by molar-refractivity contribution is -0.137. The molecule has 0 bridgehead atoms. The number of amides is 1. The van der Waals surface area contributed by atoms with Crippen molar-refractivity contribution >= 4 is 29.5 Å². The van der Waals surface area contributed by atoms with Crippen LogP contribution in [0.3, 0.4) is 0 Å². The molecule has 0 radical (unpaired) electrons. The zero-order valence-electron chi connectivity index (χ0n) is 12.8. The Morgan fingerprint density at radius 1 is 1.20 bits per heavy atom. The van der Waals surface area contributed by atoms with Gasteiger partial charge in [-0.2, -0.15) is 13.2 Å². The summed E-state index contributed by atoms with van der Waals surface area (Å²) < 4.78 is 38.0. The van der Waals surface area contributed by atoms with Crippen molar-refractivity contribution in [2.24, 2.45) is 0 Å². The molecule has 0 unspecified atom stereocenters. The molecule has 0 spiro atoms. The van der Waals surface area contributed by atoms with Crippen LogP contribution in [-0.2, 0) is 11.0 Å². The maximum absolute atomic E-state index is 12.7. The molecule has 0 saturated carbocycles. The number of aromatic nitrogens is 2. The number of nitrogens with zero attached hydrogens (tertiary/aromatic N) is 2. The normalized spacial score (nSPS) is 11.5. The second kappa shape index (κ2) is 8.48. The van der Waals surface area contributed by atoms with Gasteiger partial charge in [-0.25, -0.2) is 9.97 Å². The Morgan fingerprint density at radius 3 is 2.60 bits per heavy atom. The molecule has 25 heavy (non-hydrogen) atoms. The van der Waals surface area contributed by atoms with Crippen molar-refractivity contribution in [3.05, 3.63) is 58.9 Å². The molecule has 1 amide bonds. The number of alkyl halides is 3. The summed E-state index contributed by atoms with van der Waals surface area (Å²) in [6.07, 6.45) is 1.05. The first-order chi connectivity index (χ1) is 11.9. The van der Waals surface area contributed by atoms with E-state index in [1.807, 2.05) is 0 Å². The minimum absolute atomic E-state index is 0.113. The second-order valence-corrected chi connectivity index (χ2v) is 5.26. The van der Waals surface area contributed by atoms with E-state index in [9.17, 15) is 18.0 Å². The third-order valence-corrected chi connectivity index (χ3v) is 3.35. The standard InChI is InChI=1S/C16H14ClF3N4O/c17-13-4-3-12(16(18,19)20)10-11(13)2-5-14(25)21-8-9-24-15-22-6-1-7-23-15/h1-7,10H,8-9H2,(H,21,25)(H,22,23,24). The van der Waals surface area contributed by atoms with Crippen LogP contribution in [0.15, 0.2) is 42.7 Å². The Kier molecular flexibility index (Phi) is 6.35. The van der Waals surface area contributed by atoms with Gasteiger partial charge < -0.3 is 10.6 Å². The van der Waals surface area contributed by atoms with Gasteiger partial charge in [0.05, 0.1) is 5.56 Å². The van der Waals surface area contributed by atoms with Gasteiger partial charge in [0.2, 0.25) is 11.9 Å². The summed E-state index contributed by atoms with van der Waals surface area (Å²) in [7, 11) is 0. The Morgan fingerprint density at radius 2 is 1.92 bits per heavy atom. The van der Waals surface area contributed by atoms with E-state index in [1.165, 1.54) is 6.08 Å². The summed E-state index contributed by atoms with van der Waals surface area (Å²) in [5, 5.41) is 5.60. The molecular formula is C16H14ClF3N4O. The summed E-state index contributed by atoms with van der Waals surface area (Å²) in [6.45, 7) is 0.686. The molecule has 1 aromatic heterocycles. The van der Waals surface area contributed by atoms with Crippen molar-refractivity contribution < 1.29 is 18.0 Å². The van der Waals surface area contributed by atoms with Gasteiger partial charge >= 0.3 is 6.18 Å². The van der Waals surface area contributed by atoms with Crippen molar-refractivity contribution in [2.45, 2.75) is 6.18 Å². The fourth-order valence-electron chi connectivity index (χ4n) is 1.82. The predicted octanol–water partition coefficient (Wildman–Crippen LogP) is 3.39. The largest absolute Gasteiger partial charge is 0.416 e. The van der Waals surface area contributed by atoms with E-state index < -0.39 is 17.6 Å². The zero-order valence-corrected chi connectivity index (χ0v) is 13.6. The van der Waals surface area contributed by atoms with Gasteiger partial charge in [0.1, 0.15) is 0 Å². The molecule has 0 aliphatic heterocycles. The molecule has 0 saturated heterocycles. The van der Waals surface area contributed by atoms with Crippen LogP contribution in [0.25, 0.3) is 6.08 Å². The molecule has 1 aromatic carbocycles. The van der Waals surface area contributed by atoms with Crippen LogP contribution in [0.2, 0.25) is 5.02 Å². The van der Waals surface area contributed by atoms with Gasteiger partial charge in [-0.1, -0.05) is 11.6 Å². The second-order valence-electron chi connectivity index (χ2n) is 4.86. The lowest BCUT2D eigenvalue weighted by atomic mass is 10.1. The lowest BCUT2D eigenvalue weighted by Crippen LogP contribution is -2.27. The number of carbonyl (C=O) groups excluding carboxylic acids is 1. The molecule has 2 aromatic rings. The first-order valence-corrected chi connectivity index (χ1v) is 7.57. The number of nitrogens with one attached hydrogen (secondary N) is 2. The van der Waals surface area contributed by atoms with Gasteiger partial charge in [-0.05, 0) is 35.9 Å². The predicted molar refractivity (Wildman–Crippen MR) is 89.0 cm³/mol. The number of benzene rings is 1. The molecular weight excluding hydrogens is 357 g/mol. The molecule has 0 fully saturated rings. The Hall–Kier alpha value is -2.61. The summed E-state index contributed by atoms with van der Waals surface area (Å²) in [6, 6.07) is 4.60. The van der Waals surface area contributed by atoms with Gasteiger partial charge in [0.15, 0.2) is 0 Å². The highest BCUT2D eigenvalue weighted by Gasteiger charge is 2.30. The molecule has 9 heteroatoms. The molecule has 0 aliphatic rings. The average Bonchev–Trinajstić information content (AvgIpc) is 2.58. The molecule has 132 valence electrons. The minimum atomic E-state index is -4.47. The summed E-state index contributed by atoms with van der Waals surface area (Å²) in [5.41, 5.74) is -0.716. The van der Waals surface area contributed by atoms with Crippen LogP contribution in [0.5, 0.6) is 0 Å². The van der Waals surface area contributed by atoms with Crippen molar-refractivity contribution in [3.63, 3.8) is 0 Å². The van der Waals surface area contributed by atoms with E-state index in [2.05, 4.69) is 20.6 Å². The van der Waals surface area contributed by atoms with Crippen LogP contribution in [0.4, 0.5) is 19.1 Å². The third-order valence-electron chi connectivity index (χ3n) is 3.01. The first kappa shape index (κ1) is 18.7. The fourth-order valence-corrected chi connectivity index (χ4v) is 2.00. The molecule has 5 nitrogen and oxygen atoms in total. The van der Waals surface area contributed by atoms with E-state index in [0.717, 1.165) is 24.3 Å². The van der Waals surface area contributed by atoms with E-state index in [-0.39, 0.29) is 17.1 Å². The summed E-state index contributed by atoms with van der Waals surface area (Å²) in [4.78, 5) is 19.6. The molecule has 0 aliphatic carbocycles. The highest BCUT2D eigenvalue weighted by atomic mass is 35.5. The quantitative estimate of drug-likeness (QED) is 0.604. The lowest BCUT2D eigenvalue weighted by Gasteiger charge is -2.08. The van der Waals surface area contributed by atoms with Crippen molar-refractivity contribution in [1.82, 2.24) is 15.3 Å². The number of carbonyl (C=O) groups is 1. The van der Waals surface area contributed by atoms with Gasteiger partial charge in [-0.15, -0.1) is 0 Å². The average molecular weight is 371 g/mol. The minimum Gasteiger partial charge on any atom is -0.352 e. The maximum Gasteiger partial charge on any atom is 0.416 e. The van der Waals surface area contributed by atoms with Gasteiger partial charge in [0.25, 0.3) is 0 Å². The molecule has 2 rings (SSSR count). The smallest absolute Gasteiger partial charge is 0.352 e. The molecule has 1 heterocycles. The van der Waals surface area contributed by atoms with Crippen molar-refractivity contribution in [2.75, 3.05) is 18.4 Å². The number of anilines is 1. The van der Waals surface area contributed by atoms with Crippen LogP contribution in [-0.4, -0.2) is 29.0 Å². The maximum atomic E-state index is 12.7. The third kappa shape index (κ3) is 6.07. The van der Waals surface area contributed by atoms with E-state index in [1.54, 1.807) is 18.5 Å². The van der Waals surface area contributed by atoms with E-state index in [0.29, 0.717) is 12.5 Å². The van der Waals surface area contributed by atoms with Crippen molar-refractivity contribution in [1.29, 1.82) is 0 Å². The van der Waals surface area contributed by atoms with Crippen LogP contribution in [0, 0.1) is 0 Å². The van der Waals surface area contributed by atoms with E-state index in [4.69, 9.17) is 11.6 Å². The Balaban J connectivity index is 1.85. The van der Waals surface area contributed by atoms with Gasteiger partial charge in [-0.3, -0.25) is 4.79 Å². The van der Waals surface area contributed by atoms with Gasteiger partial charge in [0, 0.05) is 36.6 Å². The van der Waals surface area contributed by atoms with Crippen LogP contribution < -0.4 is 10.6 Å².